The number of nitrogens with zero attached hydrogens (tertiary/aromatic N) is 1. The number of aliphatic hydroxyl groups excluding tert-OH is 1. The molecule has 0 saturated carbocycles. The summed E-state index contributed by atoms with van der Waals surface area (Å²) in [5, 5.41) is 11.2. The molecule has 36 heavy (non-hydrogen) atoms. The second-order valence-electron chi connectivity index (χ2n) is 8.57. The number of Topliss-reactive ketones (excluding diaryl/α,β-unsaturated/α-hetero) is 1. The van der Waals surface area contributed by atoms with Gasteiger partial charge in [-0.15, -0.1) is 0 Å². The number of carbonyl (C=O) groups is 2. The number of aryl methyl sites for hydroxylation is 1. The first-order valence-corrected chi connectivity index (χ1v) is 11.6. The van der Waals surface area contributed by atoms with E-state index < -0.39 is 17.7 Å². The van der Waals surface area contributed by atoms with Crippen molar-refractivity contribution in [3.63, 3.8) is 0 Å². The molecule has 3 aromatic rings. The number of methoxy groups -OCH3 is 3. The zero-order valence-electron chi connectivity index (χ0n) is 20.8. The number of ketones is 1. The number of amides is 1. The zero-order valence-corrected chi connectivity index (χ0v) is 20.8. The fraction of sp³-hybridized carbons (Fsp3) is 0.241. The van der Waals surface area contributed by atoms with Crippen molar-refractivity contribution in [2.24, 2.45) is 0 Å². The Labute approximate surface area is 210 Å². The summed E-state index contributed by atoms with van der Waals surface area (Å²) in [4.78, 5) is 28.0. The lowest BCUT2D eigenvalue weighted by Crippen LogP contribution is -2.31. The van der Waals surface area contributed by atoms with Crippen LogP contribution in [0.25, 0.3) is 5.76 Å². The third-order valence-corrected chi connectivity index (χ3v) is 6.39. The van der Waals surface area contributed by atoms with E-state index in [2.05, 4.69) is 0 Å². The van der Waals surface area contributed by atoms with Crippen LogP contribution in [0.2, 0.25) is 0 Å². The van der Waals surface area contributed by atoms with Crippen molar-refractivity contribution in [2.45, 2.75) is 19.4 Å². The Hall–Kier alpha value is -4.26. The molecule has 1 amide bonds. The number of aliphatic hydroxyl groups is 1. The Morgan fingerprint density at radius 3 is 2.14 bits per heavy atom. The Kier molecular flexibility index (Phi) is 7.29. The van der Waals surface area contributed by atoms with Crippen molar-refractivity contribution in [1.29, 1.82) is 0 Å². The molecule has 7 nitrogen and oxygen atoms in total. The molecule has 1 saturated heterocycles. The minimum atomic E-state index is -0.739. The number of benzene rings is 3. The van der Waals surface area contributed by atoms with E-state index in [0.29, 0.717) is 34.8 Å². The summed E-state index contributed by atoms with van der Waals surface area (Å²) >= 11 is 0. The molecule has 4 rings (SSSR count). The highest BCUT2D eigenvalue weighted by Crippen LogP contribution is 2.40. The van der Waals surface area contributed by atoms with Crippen LogP contribution in [0.3, 0.4) is 0 Å². The third-order valence-electron chi connectivity index (χ3n) is 6.39. The lowest BCUT2D eigenvalue weighted by atomic mass is 9.95. The predicted octanol–water partition coefficient (Wildman–Crippen LogP) is 4.69. The molecule has 186 valence electrons. The van der Waals surface area contributed by atoms with Gasteiger partial charge in [-0.25, -0.2) is 0 Å². The van der Waals surface area contributed by atoms with Gasteiger partial charge in [-0.2, -0.15) is 0 Å². The standard InChI is InChI=1S/C29H29NO6/c1-18-5-8-21(9-6-18)27(31)25-26(20-10-12-22(34-2)13-11-20)30(29(33)28(25)32)16-15-19-7-14-23(35-3)24(17-19)36-4/h5-14,17,26,31H,15-16H2,1-4H3/b27-25-. The van der Waals surface area contributed by atoms with Gasteiger partial charge in [-0.3, -0.25) is 9.59 Å². The Balaban J connectivity index is 1.74. The molecule has 1 N–H and O–H groups in total. The second-order valence-corrected chi connectivity index (χ2v) is 8.57. The summed E-state index contributed by atoms with van der Waals surface area (Å²) in [6.45, 7) is 2.20. The molecule has 0 bridgehead atoms. The van der Waals surface area contributed by atoms with Gasteiger partial charge in [0.2, 0.25) is 0 Å². The van der Waals surface area contributed by atoms with Crippen LogP contribution in [0.4, 0.5) is 0 Å². The highest BCUT2D eigenvalue weighted by atomic mass is 16.5. The number of hydrogen-bond acceptors (Lipinski definition) is 6. The topological polar surface area (TPSA) is 85.3 Å². The monoisotopic (exact) mass is 487 g/mol. The van der Waals surface area contributed by atoms with Gasteiger partial charge >= 0.3 is 0 Å². The molecule has 1 aliphatic heterocycles. The average molecular weight is 488 g/mol. The molecular formula is C29H29NO6. The molecule has 1 heterocycles. The van der Waals surface area contributed by atoms with E-state index in [1.165, 1.54) is 4.90 Å². The van der Waals surface area contributed by atoms with Gasteiger partial charge < -0.3 is 24.2 Å². The Morgan fingerprint density at radius 2 is 1.53 bits per heavy atom. The minimum Gasteiger partial charge on any atom is -0.507 e. The van der Waals surface area contributed by atoms with Gasteiger partial charge in [0.15, 0.2) is 11.5 Å². The van der Waals surface area contributed by atoms with Crippen LogP contribution in [-0.4, -0.2) is 49.6 Å². The summed E-state index contributed by atoms with van der Waals surface area (Å²) in [5.74, 6) is 0.301. The van der Waals surface area contributed by atoms with Crippen LogP contribution in [0.1, 0.15) is 28.3 Å². The van der Waals surface area contributed by atoms with Gasteiger partial charge in [0, 0.05) is 12.1 Å². The molecule has 1 unspecified atom stereocenters. The minimum absolute atomic E-state index is 0.0707. The summed E-state index contributed by atoms with van der Waals surface area (Å²) < 4.78 is 16.0. The van der Waals surface area contributed by atoms with Gasteiger partial charge in [0.1, 0.15) is 11.5 Å². The van der Waals surface area contributed by atoms with Crippen LogP contribution in [0, 0.1) is 6.92 Å². The maximum absolute atomic E-state index is 13.2. The first-order chi connectivity index (χ1) is 17.4. The molecule has 0 aliphatic carbocycles. The van der Waals surface area contributed by atoms with E-state index in [1.807, 2.05) is 31.2 Å². The molecule has 1 fully saturated rings. The quantitative estimate of drug-likeness (QED) is 0.282. The largest absolute Gasteiger partial charge is 0.507 e. The van der Waals surface area contributed by atoms with Gasteiger partial charge in [0.25, 0.3) is 11.7 Å². The molecule has 0 aromatic heterocycles. The van der Waals surface area contributed by atoms with Crippen LogP contribution >= 0.6 is 0 Å². The second kappa shape index (κ2) is 10.6. The van der Waals surface area contributed by atoms with Gasteiger partial charge in [0.05, 0.1) is 32.9 Å². The van der Waals surface area contributed by atoms with E-state index in [1.54, 1.807) is 63.8 Å². The van der Waals surface area contributed by atoms with Crippen LogP contribution < -0.4 is 14.2 Å². The molecule has 0 radical (unpaired) electrons. The number of hydrogen-bond donors (Lipinski definition) is 1. The van der Waals surface area contributed by atoms with E-state index in [-0.39, 0.29) is 17.9 Å². The first-order valence-electron chi connectivity index (χ1n) is 11.6. The van der Waals surface area contributed by atoms with Gasteiger partial charge in [-0.05, 0) is 48.7 Å². The third kappa shape index (κ3) is 4.77. The van der Waals surface area contributed by atoms with Crippen LogP contribution in [-0.2, 0) is 16.0 Å². The molecule has 1 aliphatic rings. The Bertz CT molecular complexity index is 1290. The number of carbonyl (C=O) groups excluding carboxylic acids is 2. The molecule has 0 spiro atoms. The molecule has 3 aromatic carbocycles. The van der Waals surface area contributed by atoms with E-state index in [0.717, 1.165) is 11.1 Å². The van der Waals surface area contributed by atoms with Crippen molar-refractivity contribution in [1.82, 2.24) is 4.90 Å². The summed E-state index contributed by atoms with van der Waals surface area (Å²) in [7, 11) is 4.70. The highest BCUT2D eigenvalue weighted by molar-refractivity contribution is 6.46. The van der Waals surface area contributed by atoms with Crippen molar-refractivity contribution >= 4 is 17.4 Å². The fourth-order valence-corrected chi connectivity index (χ4v) is 4.40. The molecular weight excluding hydrogens is 458 g/mol. The van der Waals surface area contributed by atoms with Crippen LogP contribution in [0.5, 0.6) is 17.2 Å². The summed E-state index contributed by atoms with van der Waals surface area (Å²) in [5.41, 5.74) is 3.20. The van der Waals surface area contributed by atoms with E-state index in [4.69, 9.17) is 14.2 Å². The summed E-state index contributed by atoms with van der Waals surface area (Å²) in [6, 6.07) is 19.2. The lowest BCUT2D eigenvalue weighted by molar-refractivity contribution is -0.139. The van der Waals surface area contributed by atoms with Crippen molar-refractivity contribution in [2.75, 3.05) is 27.9 Å². The number of ether oxygens (including phenoxy) is 3. The number of likely N-dealkylation sites (tertiary alicyclic amines) is 1. The smallest absolute Gasteiger partial charge is 0.295 e. The molecule has 7 heteroatoms. The average Bonchev–Trinajstić information content (AvgIpc) is 3.16. The fourth-order valence-electron chi connectivity index (χ4n) is 4.40. The summed E-state index contributed by atoms with van der Waals surface area (Å²) in [6.07, 6.45) is 0.477. The number of rotatable bonds is 8. The van der Waals surface area contributed by atoms with Crippen molar-refractivity contribution < 1.29 is 28.9 Å². The maximum Gasteiger partial charge on any atom is 0.295 e. The van der Waals surface area contributed by atoms with Crippen LogP contribution in [0.15, 0.2) is 72.3 Å². The predicted molar refractivity (Wildman–Crippen MR) is 136 cm³/mol. The maximum atomic E-state index is 13.2. The van der Waals surface area contributed by atoms with E-state index >= 15 is 0 Å². The van der Waals surface area contributed by atoms with Gasteiger partial charge in [-0.1, -0.05) is 48.0 Å². The zero-order chi connectivity index (χ0) is 25.8. The van der Waals surface area contributed by atoms with Crippen molar-refractivity contribution in [3.05, 3.63) is 94.6 Å². The van der Waals surface area contributed by atoms with Crippen molar-refractivity contribution in [3.8, 4) is 17.2 Å². The Morgan fingerprint density at radius 1 is 0.861 bits per heavy atom. The molecule has 1 atom stereocenters. The van der Waals surface area contributed by atoms with E-state index in [9.17, 15) is 14.7 Å². The first kappa shape index (κ1) is 24.9. The lowest BCUT2D eigenvalue weighted by Gasteiger charge is -2.25. The SMILES string of the molecule is COc1ccc(C2/C(=C(/O)c3ccc(C)cc3)C(=O)C(=O)N2CCc2ccc(OC)c(OC)c2)cc1. The normalized spacial score (nSPS) is 16.8. The highest BCUT2D eigenvalue weighted by Gasteiger charge is 2.45.